The molecule has 0 radical (unpaired) electrons. The maximum absolute atomic E-state index is 14.3. The second kappa shape index (κ2) is 10.8. The molecule has 202 valence electrons. The number of unbranched alkanes of at least 4 members (excludes halogenated alkanes) is 1. The van der Waals surface area contributed by atoms with Gasteiger partial charge in [-0.25, -0.2) is 9.79 Å². The smallest absolute Gasteiger partial charge is 0.338 e. The topological polar surface area (TPSA) is 90.2 Å². The first-order chi connectivity index (χ1) is 18.8. The molecule has 0 bridgehead atoms. The molecule has 0 saturated carbocycles. The Hall–Kier alpha value is -3.69. The maximum Gasteiger partial charge on any atom is 0.338 e. The zero-order chi connectivity index (χ0) is 27.8. The van der Waals surface area contributed by atoms with Gasteiger partial charge in [0.05, 0.1) is 36.2 Å². The van der Waals surface area contributed by atoms with Gasteiger partial charge in [0.2, 0.25) is 0 Å². The van der Waals surface area contributed by atoms with E-state index in [1.165, 1.54) is 11.7 Å². The van der Waals surface area contributed by atoms with E-state index in [0.29, 0.717) is 44.5 Å². The van der Waals surface area contributed by atoms with Gasteiger partial charge in [0, 0.05) is 22.7 Å². The van der Waals surface area contributed by atoms with Crippen LogP contribution in [0.5, 0.6) is 5.75 Å². The van der Waals surface area contributed by atoms with Crippen molar-refractivity contribution in [2.45, 2.75) is 39.7 Å². The van der Waals surface area contributed by atoms with Crippen molar-refractivity contribution in [2.24, 2.45) is 4.99 Å². The number of hydrogen-bond donors (Lipinski definition) is 0. The van der Waals surface area contributed by atoms with E-state index >= 15 is 0 Å². The van der Waals surface area contributed by atoms with Gasteiger partial charge >= 0.3 is 5.97 Å². The fraction of sp³-hybridized carbons (Fsp3) is 0.310. The van der Waals surface area contributed by atoms with Gasteiger partial charge in [-0.3, -0.25) is 14.2 Å². The monoisotopic (exact) mass is 565 g/mol. The highest BCUT2D eigenvalue weighted by Gasteiger charge is 2.38. The van der Waals surface area contributed by atoms with Crippen molar-refractivity contribution in [1.29, 1.82) is 0 Å². The molecule has 0 aliphatic carbocycles. The predicted octanol–water partition coefficient (Wildman–Crippen LogP) is 3.98. The molecule has 3 aromatic rings. The van der Waals surface area contributed by atoms with Crippen molar-refractivity contribution < 1.29 is 19.1 Å². The van der Waals surface area contributed by atoms with Crippen LogP contribution in [0.4, 0.5) is 5.69 Å². The summed E-state index contributed by atoms with van der Waals surface area (Å²) in [7, 11) is 1.51. The van der Waals surface area contributed by atoms with Crippen LogP contribution in [0, 0.1) is 0 Å². The van der Waals surface area contributed by atoms with Gasteiger partial charge in [-0.05, 0) is 44.5 Å². The largest absolute Gasteiger partial charge is 0.496 e. The van der Waals surface area contributed by atoms with Crippen LogP contribution in [-0.2, 0) is 14.3 Å². The zero-order valence-electron chi connectivity index (χ0n) is 22.1. The summed E-state index contributed by atoms with van der Waals surface area (Å²) in [4.78, 5) is 48.0. The number of rotatable bonds is 7. The number of nitrogens with zero attached hydrogens (tertiary/aromatic N) is 3. The summed E-state index contributed by atoms with van der Waals surface area (Å²) >= 11 is 7.51. The first-order valence-electron chi connectivity index (χ1n) is 12.8. The minimum Gasteiger partial charge on any atom is -0.496 e. The Morgan fingerprint density at radius 3 is 2.64 bits per heavy atom. The molecule has 1 amide bonds. The summed E-state index contributed by atoms with van der Waals surface area (Å²) in [5.74, 6) is -0.350. The molecule has 5 rings (SSSR count). The van der Waals surface area contributed by atoms with Crippen LogP contribution in [0.1, 0.15) is 50.8 Å². The molecule has 10 heteroatoms. The van der Waals surface area contributed by atoms with Gasteiger partial charge in [-0.2, -0.15) is 0 Å². The number of allylic oxidation sites excluding steroid dienone is 1. The summed E-state index contributed by atoms with van der Waals surface area (Å²) in [6.45, 7) is 6.20. The second-order valence-corrected chi connectivity index (χ2v) is 10.6. The number of para-hydroxylation sites is 1. The van der Waals surface area contributed by atoms with Crippen molar-refractivity contribution in [3.8, 4) is 5.75 Å². The van der Waals surface area contributed by atoms with E-state index in [4.69, 9.17) is 21.1 Å². The second-order valence-electron chi connectivity index (χ2n) is 9.21. The number of methoxy groups -OCH3 is 1. The molecule has 0 saturated heterocycles. The highest BCUT2D eigenvalue weighted by Crippen LogP contribution is 2.38. The number of halogens is 1. The Labute approximate surface area is 234 Å². The maximum atomic E-state index is 14.3. The van der Waals surface area contributed by atoms with E-state index < -0.39 is 17.6 Å². The van der Waals surface area contributed by atoms with Crippen LogP contribution in [-0.4, -0.2) is 36.7 Å². The molecule has 2 aromatic carbocycles. The summed E-state index contributed by atoms with van der Waals surface area (Å²) in [6.07, 6.45) is 1.77. The molecule has 0 spiro atoms. The van der Waals surface area contributed by atoms with Crippen LogP contribution >= 0.6 is 22.9 Å². The number of anilines is 1. The van der Waals surface area contributed by atoms with Crippen LogP contribution in [0.25, 0.3) is 5.57 Å². The van der Waals surface area contributed by atoms with Crippen LogP contribution in [0.3, 0.4) is 0 Å². The highest BCUT2D eigenvalue weighted by atomic mass is 35.5. The van der Waals surface area contributed by atoms with E-state index in [9.17, 15) is 14.4 Å². The average Bonchev–Trinajstić information content (AvgIpc) is 3.38. The minimum absolute atomic E-state index is 0.155. The number of aromatic nitrogens is 1. The minimum atomic E-state index is -0.911. The van der Waals surface area contributed by atoms with Crippen LogP contribution < -0.4 is 24.5 Å². The van der Waals surface area contributed by atoms with Gasteiger partial charge in [0.1, 0.15) is 16.3 Å². The standard InChI is InChI=1S/C29H28ClN3O5S/c1-5-7-14-32-20-11-9-8-10-18(20)23(26(32)34)25-27(35)33-24(19-15-17(30)12-13-21(19)37-4)22(28(36)38-6-2)16(3)31-29(33)39-25/h8-13,15,24H,5-7,14H2,1-4H3/b25-23-/t24-/m0/s1. The predicted molar refractivity (Wildman–Crippen MR) is 151 cm³/mol. The molecule has 39 heavy (non-hydrogen) atoms. The Bertz CT molecular complexity index is 1700. The number of hydrogen-bond acceptors (Lipinski definition) is 7. The summed E-state index contributed by atoms with van der Waals surface area (Å²) in [5.41, 5.74) is 2.57. The Morgan fingerprint density at radius 1 is 1.15 bits per heavy atom. The molecule has 2 aliphatic heterocycles. The van der Waals surface area contributed by atoms with Gasteiger partial charge in [-0.1, -0.05) is 54.5 Å². The van der Waals surface area contributed by atoms with Crippen molar-refractivity contribution in [1.82, 2.24) is 4.57 Å². The van der Waals surface area contributed by atoms with E-state index in [2.05, 4.69) is 11.9 Å². The first kappa shape index (κ1) is 26.9. The summed E-state index contributed by atoms with van der Waals surface area (Å²) in [5, 5.41) is 0.417. The van der Waals surface area contributed by atoms with Crippen molar-refractivity contribution in [2.75, 3.05) is 25.2 Å². The number of thiazole rings is 1. The Morgan fingerprint density at radius 2 is 1.92 bits per heavy atom. The third-order valence-corrected chi connectivity index (χ3v) is 8.15. The van der Waals surface area contributed by atoms with E-state index in [-0.39, 0.29) is 22.6 Å². The van der Waals surface area contributed by atoms with Crippen molar-refractivity contribution >= 4 is 46.1 Å². The number of carbonyl (C=O) groups is 2. The van der Waals surface area contributed by atoms with Crippen LogP contribution in [0.2, 0.25) is 5.02 Å². The molecule has 1 aromatic heterocycles. The summed E-state index contributed by atoms with van der Waals surface area (Å²) in [6, 6.07) is 11.6. The fourth-order valence-corrected chi connectivity index (χ4v) is 6.41. The first-order valence-corrected chi connectivity index (χ1v) is 14.0. The SMILES string of the molecule is CCCCN1C(=O)/C(=c2\sc3n(c2=O)[C@@H](c2cc(Cl)ccc2OC)C(C(=O)OCC)=C(C)N=3)c2ccccc21. The Kier molecular flexibility index (Phi) is 7.46. The van der Waals surface area contributed by atoms with Crippen LogP contribution in [0.15, 0.2) is 63.5 Å². The molecular weight excluding hydrogens is 538 g/mol. The molecule has 3 heterocycles. The third-order valence-electron chi connectivity index (χ3n) is 6.86. The lowest BCUT2D eigenvalue weighted by atomic mass is 9.95. The molecule has 0 fully saturated rings. The molecular formula is C29H28ClN3O5S. The van der Waals surface area contributed by atoms with E-state index in [0.717, 1.165) is 29.9 Å². The van der Waals surface area contributed by atoms with Gasteiger partial charge in [0.25, 0.3) is 11.5 Å². The lowest BCUT2D eigenvalue weighted by Crippen LogP contribution is -2.41. The zero-order valence-corrected chi connectivity index (χ0v) is 23.7. The molecule has 2 aliphatic rings. The fourth-order valence-electron chi connectivity index (χ4n) is 5.09. The number of benzene rings is 2. The number of fused-ring (bicyclic) bond motifs is 2. The average molecular weight is 566 g/mol. The highest BCUT2D eigenvalue weighted by molar-refractivity contribution is 7.07. The lowest BCUT2D eigenvalue weighted by Gasteiger charge is -2.26. The van der Waals surface area contributed by atoms with Gasteiger partial charge < -0.3 is 14.4 Å². The number of carbonyl (C=O) groups excluding carboxylic acids is 2. The quantitative estimate of drug-likeness (QED) is 0.404. The molecule has 0 N–H and O–H groups in total. The number of esters is 1. The van der Waals surface area contributed by atoms with Crippen molar-refractivity contribution in [3.05, 3.63) is 89.6 Å². The third kappa shape index (κ3) is 4.49. The number of amides is 1. The number of ether oxygens (including phenoxy) is 2. The molecule has 1 atom stereocenters. The van der Waals surface area contributed by atoms with Gasteiger partial charge in [0.15, 0.2) is 4.80 Å². The van der Waals surface area contributed by atoms with E-state index in [1.54, 1.807) is 36.9 Å². The lowest BCUT2D eigenvalue weighted by molar-refractivity contribution is -0.139. The molecule has 8 nitrogen and oxygen atoms in total. The van der Waals surface area contributed by atoms with Gasteiger partial charge in [-0.15, -0.1) is 0 Å². The normalized spacial score (nSPS) is 17.6. The van der Waals surface area contributed by atoms with E-state index in [1.807, 2.05) is 24.3 Å². The summed E-state index contributed by atoms with van der Waals surface area (Å²) < 4.78 is 12.7. The molecule has 0 unspecified atom stereocenters. The Balaban J connectivity index is 1.82. The van der Waals surface area contributed by atoms with Crippen molar-refractivity contribution in [3.63, 3.8) is 0 Å².